The van der Waals surface area contributed by atoms with Gasteiger partial charge in [-0.25, -0.2) is 4.79 Å². The van der Waals surface area contributed by atoms with Crippen LogP contribution in [0.1, 0.15) is 45.1 Å². The Balaban J connectivity index is 1.80. The lowest BCUT2D eigenvalue weighted by Gasteiger charge is -2.33. The van der Waals surface area contributed by atoms with Gasteiger partial charge < -0.3 is 20.9 Å². The molecule has 0 aromatic heterocycles. The number of carbonyl (C=O) groups is 2. The number of amides is 3. The summed E-state index contributed by atoms with van der Waals surface area (Å²) in [6.45, 7) is 8.11. The van der Waals surface area contributed by atoms with Crippen molar-refractivity contribution in [2.45, 2.75) is 52.1 Å². The molecule has 1 atom stereocenters. The summed E-state index contributed by atoms with van der Waals surface area (Å²) in [5.74, 6) is 0.432. The predicted molar refractivity (Wildman–Crippen MR) is 123 cm³/mol. The van der Waals surface area contributed by atoms with Crippen molar-refractivity contribution in [2.24, 2.45) is 5.92 Å². The first-order valence-corrected chi connectivity index (χ1v) is 11.1. The maximum atomic E-state index is 12.4. The normalized spacial score (nSPS) is 16.2. The number of carbonyl (C=O) groups excluding carboxylic acids is 2. The Morgan fingerprint density at radius 3 is 2.40 bits per heavy atom. The van der Waals surface area contributed by atoms with E-state index in [0.29, 0.717) is 31.6 Å². The van der Waals surface area contributed by atoms with E-state index in [1.807, 2.05) is 43.3 Å². The highest BCUT2D eigenvalue weighted by molar-refractivity contribution is 5.92. The van der Waals surface area contributed by atoms with Crippen molar-refractivity contribution >= 4 is 17.6 Å². The van der Waals surface area contributed by atoms with Crippen LogP contribution in [0, 0.1) is 5.92 Å². The second kappa shape index (κ2) is 12.5. The molecule has 0 unspecified atom stereocenters. The molecule has 0 aliphatic carbocycles. The van der Waals surface area contributed by atoms with Gasteiger partial charge in [-0.1, -0.05) is 38.8 Å². The third-order valence-electron chi connectivity index (χ3n) is 5.47. The van der Waals surface area contributed by atoms with Crippen LogP contribution in [0.3, 0.4) is 0 Å². The summed E-state index contributed by atoms with van der Waals surface area (Å²) in [7, 11) is 3.71. The van der Waals surface area contributed by atoms with Crippen LogP contribution in [-0.4, -0.2) is 68.1 Å². The average molecular weight is 418 g/mol. The van der Waals surface area contributed by atoms with Gasteiger partial charge in [-0.2, -0.15) is 0 Å². The lowest BCUT2D eigenvalue weighted by Crippen LogP contribution is -2.49. The number of nitrogens with one attached hydrogen (secondary N) is 3. The number of benzene rings is 1. The molecule has 0 radical (unpaired) electrons. The molecule has 1 fully saturated rings. The van der Waals surface area contributed by atoms with E-state index in [4.69, 9.17) is 0 Å². The lowest BCUT2D eigenvalue weighted by molar-refractivity contribution is -0.116. The van der Waals surface area contributed by atoms with Gasteiger partial charge in [-0.3, -0.25) is 9.69 Å². The Kier molecular flexibility index (Phi) is 10.1. The van der Waals surface area contributed by atoms with Crippen molar-refractivity contribution < 1.29 is 9.59 Å². The molecule has 30 heavy (non-hydrogen) atoms. The van der Waals surface area contributed by atoms with Crippen molar-refractivity contribution in [1.29, 1.82) is 0 Å². The smallest absolute Gasteiger partial charge is 0.315 e. The number of likely N-dealkylation sites (N-methyl/N-ethyl adjacent to an activating group) is 1. The minimum atomic E-state index is -0.155. The van der Waals surface area contributed by atoms with Gasteiger partial charge in [0.15, 0.2) is 0 Å². The summed E-state index contributed by atoms with van der Waals surface area (Å²) in [4.78, 5) is 28.6. The minimum absolute atomic E-state index is 0.0592. The van der Waals surface area contributed by atoms with Crippen molar-refractivity contribution in [3.05, 3.63) is 29.8 Å². The van der Waals surface area contributed by atoms with Crippen LogP contribution in [0.4, 0.5) is 10.5 Å². The number of rotatable bonds is 9. The standard InChI is InChI=1S/C23H39N5O2/c1-18(2)21(28-12-7-5-6-8-13-28)16-25-23(30)24-15-19-10-9-11-20(14-19)26-22(29)17-27(3)4/h9-11,14,18,21H,5-8,12-13,15-17H2,1-4H3,(H,26,29)(H2,24,25,30)/t21-/m0/s1. The molecule has 3 amide bonds. The van der Waals surface area contributed by atoms with Gasteiger partial charge in [0.2, 0.25) is 5.91 Å². The van der Waals surface area contributed by atoms with Gasteiger partial charge in [-0.15, -0.1) is 0 Å². The van der Waals surface area contributed by atoms with Crippen LogP contribution < -0.4 is 16.0 Å². The summed E-state index contributed by atoms with van der Waals surface area (Å²) < 4.78 is 0. The van der Waals surface area contributed by atoms with Crippen LogP contribution in [0.5, 0.6) is 0 Å². The number of urea groups is 1. The zero-order valence-corrected chi connectivity index (χ0v) is 19.0. The monoisotopic (exact) mass is 417 g/mol. The second-order valence-corrected chi connectivity index (χ2v) is 8.81. The second-order valence-electron chi connectivity index (χ2n) is 8.81. The SMILES string of the molecule is CC(C)[C@H](CNC(=O)NCc1cccc(NC(=O)CN(C)C)c1)N1CCCCCC1. The molecule has 1 saturated heterocycles. The van der Waals surface area contributed by atoms with Gasteiger partial charge in [0.1, 0.15) is 0 Å². The fourth-order valence-corrected chi connectivity index (χ4v) is 3.90. The number of anilines is 1. The molecule has 7 nitrogen and oxygen atoms in total. The van der Waals surface area contributed by atoms with Crippen LogP contribution >= 0.6 is 0 Å². The highest BCUT2D eigenvalue weighted by atomic mass is 16.2. The number of nitrogens with zero attached hydrogens (tertiary/aromatic N) is 2. The molecule has 1 aliphatic rings. The van der Waals surface area contributed by atoms with Crippen molar-refractivity contribution in [1.82, 2.24) is 20.4 Å². The van der Waals surface area contributed by atoms with E-state index in [1.165, 1.54) is 25.7 Å². The molecule has 1 aromatic carbocycles. The van der Waals surface area contributed by atoms with Gasteiger partial charge in [-0.05, 0) is 63.6 Å². The van der Waals surface area contributed by atoms with E-state index in [-0.39, 0.29) is 11.9 Å². The van der Waals surface area contributed by atoms with E-state index in [0.717, 1.165) is 24.3 Å². The van der Waals surface area contributed by atoms with E-state index in [2.05, 4.69) is 34.7 Å². The van der Waals surface area contributed by atoms with Gasteiger partial charge >= 0.3 is 6.03 Å². The van der Waals surface area contributed by atoms with Crippen molar-refractivity contribution in [2.75, 3.05) is 45.6 Å². The Hall–Kier alpha value is -2.12. The third-order valence-corrected chi connectivity index (χ3v) is 5.47. The first-order valence-electron chi connectivity index (χ1n) is 11.1. The fraction of sp³-hybridized carbons (Fsp3) is 0.652. The van der Waals surface area contributed by atoms with Crippen LogP contribution in [0.25, 0.3) is 0 Å². The first kappa shape index (κ1) is 24.2. The summed E-state index contributed by atoms with van der Waals surface area (Å²) in [6.07, 6.45) is 5.11. The van der Waals surface area contributed by atoms with E-state index in [1.54, 1.807) is 0 Å². The topological polar surface area (TPSA) is 76.7 Å². The fourth-order valence-electron chi connectivity index (χ4n) is 3.90. The maximum absolute atomic E-state index is 12.4. The number of likely N-dealkylation sites (tertiary alicyclic amines) is 1. The molecule has 7 heteroatoms. The van der Waals surface area contributed by atoms with E-state index >= 15 is 0 Å². The predicted octanol–water partition coefficient (Wildman–Crippen LogP) is 2.89. The highest BCUT2D eigenvalue weighted by Gasteiger charge is 2.23. The zero-order valence-electron chi connectivity index (χ0n) is 19.0. The first-order chi connectivity index (χ1) is 14.3. The average Bonchev–Trinajstić information content (AvgIpc) is 2.95. The zero-order chi connectivity index (χ0) is 21.9. The van der Waals surface area contributed by atoms with Crippen LogP contribution in [0.2, 0.25) is 0 Å². The molecular formula is C23H39N5O2. The Morgan fingerprint density at radius 1 is 1.07 bits per heavy atom. The molecule has 1 aromatic rings. The molecule has 1 aliphatic heterocycles. The number of hydrogen-bond donors (Lipinski definition) is 3. The molecule has 0 spiro atoms. The van der Waals surface area contributed by atoms with Crippen LogP contribution in [0.15, 0.2) is 24.3 Å². The summed E-state index contributed by atoms with van der Waals surface area (Å²) >= 11 is 0. The Bertz CT molecular complexity index is 669. The molecule has 2 rings (SSSR count). The molecule has 0 saturated carbocycles. The summed E-state index contributed by atoms with van der Waals surface area (Å²) in [5.41, 5.74) is 1.68. The summed E-state index contributed by atoms with van der Waals surface area (Å²) in [5, 5.41) is 8.87. The Labute approximate surface area is 181 Å². The van der Waals surface area contributed by atoms with Gasteiger partial charge in [0.25, 0.3) is 0 Å². The van der Waals surface area contributed by atoms with Gasteiger partial charge in [0, 0.05) is 24.8 Å². The van der Waals surface area contributed by atoms with Crippen molar-refractivity contribution in [3.63, 3.8) is 0 Å². The molecule has 3 N–H and O–H groups in total. The lowest BCUT2D eigenvalue weighted by atomic mass is 10.0. The van der Waals surface area contributed by atoms with Crippen molar-refractivity contribution in [3.8, 4) is 0 Å². The third kappa shape index (κ3) is 8.71. The van der Waals surface area contributed by atoms with Crippen LogP contribution in [-0.2, 0) is 11.3 Å². The highest BCUT2D eigenvalue weighted by Crippen LogP contribution is 2.17. The molecule has 1 heterocycles. The largest absolute Gasteiger partial charge is 0.337 e. The van der Waals surface area contributed by atoms with Gasteiger partial charge in [0.05, 0.1) is 6.54 Å². The molecular weight excluding hydrogens is 378 g/mol. The quantitative estimate of drug-likeness (QED) is 0.577. The minimum Gasteiger partial charge on any atom is -0.337 e. The molecule has 168 valence electrons. The van der Waals surface area contributed by atoms with E-state index in [9.17, 15) is 9.59 Å². The maximum Gasteiger partial charge on any atom is 0.315 e. The molecule has 0 bridgehead atoms. The Morgan fingerprint density at radius 2 is 1.77 bits per heavy atom. The van der Waals surface area contributed by atoms with E-state index < -0.39 is 0 Å². The number of hydrogen-bond acceptors (Lipinski definition) is 4. The summed E-state index contributed by atoms with van der Waals surface area (Å²) in [6, 6.07) is 7.78.